The van der Waals surface area contributed by atoms with Crippen LogP contribution in [0, 0.1) is 0 Å². The summed E-state index contributed by atoms with van der Waals surface area (Å²) < 4.78 is 23.1. The van der Waals surface area contributed by atoms with E-state index in [1.165, 1.54) is 6.92 Å². The van der Waals surface area contributed by atoms with Crippen LogP contribution < -0.4 is 0 Å². The summed E-state index contributed by atoms with van der Waals surface area (Å²) in [6, 6.07) is 9.81. The molecule has 0 saturated carbocycles. The number of nitrogens with zero attached hydrogens (tertiary/aromatic N) is 3. The summed E-state index contributed by atoms with van der Waals surface area (Å²) >= 11 is 0. The molecule has 0 bridgehead atoms. The van der Waals surface area contributed by atoms with Crippen molar-refractivity contribution in [1.82, 2.24) is 0 Å². The summed E-state index contributed by atoms with van der Waals surface area (Å²) in [5, 5.41) is 3.57. The van der Waals surface area contributed by atoms with Crippen LogP contribution in [-0.4, -0.2) is 49.6 Å². The van der Waals surface area contributed by atoms with Crippen LogP contribution in [0.25, 0.3) is 10.4 Å². The number of ether oxygens (including phenoxy) is 4. The molecule has 8 nitrogen and oxygen atoms in total. The summed E-state index contributed by atoms with van der Waals surface area (Å²) in [5.41, 5.74) is 9.50. The number of fused-ring (bicyclic) bond motifs is 1. The highest BCUT2D eigenvalue weighted by atomic mass is 16.6. The minimum Gasteiger partial charge on any atom is -0.463 e. The molecule has 0 amide bonds. The van der Waals surface area contributed by atoms with Gasteiger partial charge in [0.15, 0.2) is 0 Å². The first-order chi connectivity index (χ1) is 12.2. The van der Waals surface area contributed by atoms with Gasteiger partial charge >= 0.3 is 5.97 Å². The van der Waals surface area contributed by atoms with Gasteiger partial charge in [-0.3, -0.25) is 4.79 Å². The van der Waals surface area contributed by atoms with Gasteiger partial charge in [-0.25, -0.2) is 0 Å². The Hall–Kier alpha value is -2.12. The maximum atomic E-state index is 11.1. The minimum absolute atomic E-state index is 0.131. The van der Waals surface area contributed by atoms with Crippen LogP contribution >= 0.6 is 0 Å². The fourth-order valence-corrected chi connectivity index (χ4v) is 3.24. The van der Waals surface area contributed by atoms with Gasteiger partial charge in [0.2, 0.25) is 0 Å². The number of azide groups is 1. The van der Waals surface area contributed by atoms with Crippen molar-refractivity contribution in [3.05, 3.63) is 46.3 Å². The van der Waals surface area contributed by atoms with Crippen molar-refractivity contribution in [2.24, 2.45) is 5.11 Å². The highest BCUT2D eigenvalue weighted by Crippen LogP contribution is 2.36. The Morgan fingerprint density at radius 3 is 2.88 bits per heavy atom. The fraction of sp³-hybridized carbons (Fsp3) is 0.588. The lowest BCUT2D eigenvalue weighted by atomic mass is 10.1. The van der Waals surface area contributed by atoms with Gasteiger partial charge in [0.05, 0.1) is 25.4 Å². The zero-order valence-electron chi connectivity index (χ0n) is 14.0. The van der Waals surface area contributed by atoms with Gasteiger partial charge in [-0.1, -0.05) is 35.4 Å². The number of carbonyl (C=O) groups is 1. The smallest absolute Gasteiger partial charge is 0.302 e. The normalized spacial score (nSPS) is 30.5. The van der Waals surface area contributed by atoms with Crippen LogP contribution in [0.5, 0.6) is 0 Å². The van der Waals surface area contributed by atoms with Gasteiger partial charge in [-0.2, -0.15) is 0 Å². The van der Waals surface area contributed by atoms with Gasteiger partial charge < -0.3 is 18.9 Å². The molecule has 0 aromatic heterocycles. The first-order valence-corrected chi connectivity index (χ1v) is 8.28. The van der Waals surface area contributed by atoms with Crippen molar-refractivity contribution < 1.29 is 23.7 Å². The molecular formula is C17H21N3O5. The second-order valence-electron chi connectivity index (χ2n) is 6.15. The molecule has 25 heavy (non-hydrogen) atoms. The third-order valence-electron chi connectivity index (χ3n) is 4.34. The first-order valence-electron chi connectivity index (χ1n) is 8.28. The lowest BCUT2D eigenvalue weighted by Gasteiger charge is -2.23. The minimum atomic E-state index is -0.372. The number of carbonyl (C=O) groups excluding carboxylic acids is 1. The van der Waals surface area contributed by atoms with E-state index in [-0.39, 0.29) is 49.6 Å². The van der Waals surface area contributed by atoms with Gasteiger partial charge in [0, 0.05) is 18.3 Å². The Labute approximate surface area is 145 Å². The van der Waals surface area contributed by atoms with Crippen molar-refractivity contribution in [1.29, 1.82) is 0 Å². The van der Waals surface area contributed by atoms with E-state index in [2.05, 4.69) is 10.0 Å². The SMILES string of the molecule is CC(=O)OC[C@H]1O[C@H]2C[C@@H](CN=[N+]=[N-])O[C@H]2[C@@H]1OCc1ccccc1. The molecule has 3 rings (SSSR count). The predicted molar refractivity (Wildman–Crippen MR) is 87.6 cm³/mol. The number of benzene rings is 1. The number of rotatable bonds is 7. The highest BCUT2D eigenvalue weighted by Gasteiger charge is 2.51. The second kappa shape index (κ2) is 8.31. The molecule has 2 aliphatic heterocycles. The average molecular weight is 347 g/mol. The Morgan fingerprint density at radius 2 is 2.16 bits per heavy atom. The summed E-state index contributed by atoms with van der Waals surface area (Å²) in [7, 11) is 0. The molecule has 0 N–H and O–H groups in total. The van der Waals surface area contributed by atoms with E-state index in [0.717, 1.165) is 5.56 Å². The number of hydrogen-bond donors (Lipinski definition) is 0. The molecule has 1 aromatic carbocycles. The van der Waals surface area contributed by atoms with E-state index >= 15 is 0 Å². The number of hydrogen-bond acceptors (Lipinski definition) is 6. The van der Waals surface area contributed by atoms with Gasteiger partial charge in [0.25, 0.3) is 0 Å². The zero-order valence-corrected chi connectivity index (χ0v) is 14.0. The van der Waals surface area contributed by atoms with Crippen LogP contribution in [0.15, 0.2) is 35.4 Å². The third kappa shape index (κ3) is 4.49. The highest BCUT2D eigenvalue weighted by molar-refractivity contribution is 5.65. The quantitative estimate of drug-likeness (QED) is 0.326. The molecule has 0 spiro atoms. The van der Waals surface area contributed by atoms with Crippen molar-refractivity contribution in [3.63, 3.8) is 0 Å². The average Bonchev–Trinajstić information content (AvgIpc) is 3.14. The van der Waals surface area contributed by atoms with Gasteiger partial charge in [-0.15, -0.1) is 0 Å². The first kappa shape index (κ1) is 17.7. The summed E-state index contributed by atoms with van der Waals surface area (Å²) in [6.07, 6.45) is -0.679. The molecule has 0 unspecified atom stereocenters. The van der Waals surface area contributed by atoms with Crippen LogP contribution in [0.2, 0.25) is 0 Å². The van der Waals surface area contributed by atoms with Crippen molar-refractivity contribution >= 4 is 5.97 Å². The molecule has 5 atom stereocenters. The van der Waals surface area contributed by atoms with E-state index in [0.29, 0.717) is 13.0 Å². The molecule has 1 aromatic rings. The predicted octanol–water partition coefficient (Wildman–Crippen LogP) is 2.37. The standard InChI is InChI=1S/C17H21N3O5/c1-11(21)22-10-15-16(23-9-12-5-3-2-4-6-12)17-14(25-15)7-13(24-17)8-19-20-18/h2-6,13-17H,7-10H2,1H3/t13-,14-,15+,16+,17+/m0/s1. The summed E-state index contributed by atoms with van der Waals surface area (Å²) in [4.78, 5) is 13.9. The molecule has 2 aliphatic rings. The van der Waals surface area contributed by atoms with Gasteiger partial charge in [0.1, 0.15) is 24.9 Å². The van der Waals surface area contributed by atoms with Gasteiger partial charge in [-0.05, 0) is 11.1 Å². The van der Waals surface area contributed by atoms with Crippen molar-refractivity contribution in [3.8, 4) is 0 Å². The third-order valence-corrected chi connectivity index (χ3v) is 4.34. The summed E-state index contributed by atoms with van der Waals surface area (Å²) in [6.45, 7) is 2.18. The molecule has 2 fully saturated rings. The van der Waals surface area contributed by atoms with Crippen LogP contribution in [0.4, 0.5) is 0 Å². The maximum absolute atomic E-state index is 11.1. The molecule has 2 saturated heterocycles. The van der Waals surface area contributed by atoms with E-state index in [1.54, 1.807) is 0 Å². The lowest BCUT2D eigenvalue weighted by molar-refractivity contribution is -0.149. The van der Waals surface area contributed by atoms with E-state index in [1.807, 2.05) is 30.3 Å². The molecule has 0 radical (unpaired) electrons. The largest absolute Gasteiger partial charge is 0.463 e. The second-order valence-corrected chi connectivity index (χ2v) is 6.15. The Balaban J connectivity index is 1.64. The summed E-state index contributed by atoms with van der Waals surface area (Å²) in [5.74, 6) is -0.357. The van der Waals surface area contributed by atoms with E-state index in [9.17, 15) is 4.79 Å². The monoisotopic (exact) mass is 347 g/mol. The van der Waals surface area contributed by atoms with E-state index < -0.39 is 0 Å². The Morgan fingerprint density at radius 1 is 1.36 bits per heavy atom. The number of esters is 1. The molecular weight excluding hydrogens is 326 g/mol. The molecule has 2 heterocycles. The fourth-order valence-electron chi connectivity index (χ4n) is 3.24. The maximum Gasteiger partial charge on any atom is 0.302 e. The molecule has 134 valence electrons. The zero-order chi connectivity index (χ0) is 17.6. The van der Waals surface area contributed by atoms with Crippen LogP contribution in [-0.2, 0) is 30.3 Å². The Kier molecular flexibility index (Phi) is 5.88. The van der Waals surface area contributed by atoms with Crippen molar-refractivity contribution in [2.75, 3.05) is 13.2 Å². The van der Waals surface area contributed by atoms with Crippen LogP contribution in [0.3, 0.4) is 0 Å². The lowest BCUT2D eigenvalue weighted by Crippen LogP contribution is -2.38. The molecule has 8 heteroatoms. The van der Waals surface area contributed by atoms with Crippen molar-refractivity contribution in [2.45, 2.75) is 50.5 Å². The topological polar surface area (TPSA) is 103 Å². The molecule has 0 aliphatic carbocycles. The van der Waals surface area contributed by atoms with Crippen LogP contribution in [0.1, 0.15) is 18.9 Å². The van der Waals surface area contributed by atoms with E-state index in [4.69, 9.17) is 24.5 Å². The Bertz CT molecular complexity index is 634.